The van der Waals surface area contributed by atoms with E-state index in [2.05, 4.69) is 4.98 Å². The highest BCUT2D eigenvalue weighted by molar-refractivity contribution is 7.99. The highest BCUT2D eigenvalue weighted by atomic mass is 32.2. The predicted octanol–water partition coefficient (Wildman–Crippen LogP) is 1.93. The summed E-state index contributed by atoms with van der Waals surface area (Å²) >= 11 is 1.14. The highest BCUT2D eigenvalue weighted by Crippen LogP contribution is 2.32. The Morgan fingerprint density at radius 1 is 1.57 bits per heavy atom. The van der Waals surface area contributed by atoms with Crippen molar-refractivity contribution in [1.29, 1.82) is 0 Å². The molecule has 1 N–H and O–H groups in total. The molecular weight excluding hydrogens is 312 g/mol. The third-order valence-corrected chi connectivity index (χ3v) is 6.27. The van der Waals surface area contributed by atoms with Gasteiger partial charge < -0.3 is 9.67 Å². The van der Waals surface area contributed by atoms with E-state index in [-0.39, 0.29) is 29.2 Å². The summed E-state index contributed by atoms with van der Waals surface area (Å²) in [5, 5.41) is 9.42. The molecule has 1 aromatic heterocycles. The van der Waals surface area contributed by atoms with Crippen molar-refractivity contribution in [3.63, 3.8) is 0 Å². The minimum Gasteiger partial charge on any atom is -0.481 e. The van der Waals surface area contributed by atoms with Crippen molar-refractivity contribution >= 4 is 27.6 Å². The Morgan fingerprint density at radius 3 is 2.86 bits per heavy atom. The van der Waals surface area contributed by atoms with E-state index in [1.807, 2.05) is 18.4 Å². The van der Waals surface area contributed by atoms with Gasteiger partial charge in [0, 0.05) is 17.9 Å². The van der Waals surface area contributed by atoms with Crippen LogP contribution in [0.25, 0.3) is 0 Å². The van der Waals surface area contributed by atoms with Crippen LogP contribution in [0.4, 0.5) is 0 Å². The van der Waals surface area contributed by atoms with E-state index in [0.717, 1.165) is 23.9 Å². The monoisotopic (exact) mass is 332 g/mol. The van der Waals surface area contributed by atoms with Crippen LogP contribution in [-0.4, -0.2) is 46.3 Å². The number of carboxylic acid groups (broad SMARTS) is 1. The minimum absolute atomic E-state index is 0.0754. The molecule has 1 fully saturated rings. The lowest BCUT2D eigenvalue weighted by atomic mass is 10.1. The summed E-state index contributed by atoms with van der Waals surface area (Å²) < 4.78 is 25.7. The van der Waals surface area contributed by atoms with Gasteiger partial charge in [-0.15, -0.1) is 0 Å². The van der Waals surface area contributed by atoms with Crippen molar-refractivity contribution in [2.45, 2.75) is 43.8 Å². The van der Waals surface area contributed by atoms with E-state index < -0.39 is 15.8 Å². The third-order valence-electron chi connectivity index (χ3n) is 3.51. The number of hydrogen-bond donors (Lipinski definition) is 1. The lowest BCUT2D eigenvalue weighted by Gasteiger charge is -2.27. The fourth-order valence-corrected chi connectivity index (χ4v) is 5.03. The zero-order valence-electron chi connectivity index (χ0n) is 12.2. The second-order valence-electron chi connectivity index (χ2n) is 5.58. The van der Waals surface area contributed by atoms with Crippen molar-refractivity contribution in [2.24, 2.45) is 0 Å². The quantitative estimate of drug-likeness (QED) is 0.829. The molecule has 2 rings (SSSR count). The number of aromatic nitrogens is 2. The maximum absolute atomic E-state index is 11.9. The molecule has 118 valence electrons. The number of carbonyl (C=O) groups is 1. The molecule has 0 spiro atoms. The van der Waals surface area contributed by atoms with Crippen LogP contribution in [0.1, 0.15) is 44.3 Å². The van der Waals surface area contributed by atoms with E-state index in [0.29, 0.717) is 11.6 Å². The topological polar surface area (TPSA) is 89.3 Å². The molecule has 21 heavy (non-hydrogen) atoms. The van der Waals surface area contributed by atoms with Crippen molar-refractivity contribution < 1.29 is 18.3 Å². The number of imidazole rings is 1. The van der Waals surface area contributed by atoms with Crippen LogP contribution in [0.5, 0.6) is 0 Å². The van der Waals surface area contributed by atoms with Crippen molar-refractivity contribution in [3.05, 3.63) is 11.9 Å². The Labute approximate surface area is 128 Å². The normalized spacial score (nSPS) is 21.6. The van der Waals surface area contributed by atoms with Crippen LogP contribution in [0.2, 0.25) is 0 Å². The summed E-state index contributed by atoms with van der Waals surface area (Å²) in [6.45, 7) is 4.05. The summed E-state index contributed by atoms with van der Waals surface area (Å²) in [6, 6.07) is -0.139. The smallest absolute Gasteiger partial charge is 0.313 e. The molecule has 0 amide bonds. The maximum Gasteiger partial charge on any atom is 0.313 e. The minimum atomic E-state index is -3.02. The van der Waals surface area contributed by atoms with Crippen LogP contribution in [0.15, 0.2) is 11.4 Å². The molecule has 1 unspecified atom stereocenters. The standard InChI is InChI=1S/C13H20N2O4S2/c1-9(2)11-6-14-13(20-7-12(16)17)15(11)10-4-3-5-21(18,19)8-10/h6,9-10H,3-5,7-8H2,1-2H3,(H,16,17). The van der Waals surface area contributed by atoms with Crippen LogP contribution >= 0.6 is 11.8 Å². The summed E-state index contributed by atoms with van der Waals surface area (Å²) in [6.07, 6.45) is 3.16. The SMILES string of the molecule is CC(C)c1cnc(SCC(=O)O)n1C1CCCS(=O)(=O)C1. The van der Waals surface area contributed by atoms with E-state index in [9.17, 15) is 13.2 Å². The number of aliphatic carboxylic acids is 1. The summed E-state index contributed by atoms with van der Waals surface area (Å²) in [7, 11) is -3.02. The van der Waals surface area contributed by atoms with Crippen LogP contribution in [-0.2, 0) is 14.6 Å². The average molecular weight is 332 g/mol. The Morgan fingerprint density at radius 2 is 2.29 bits per heavy atom. The lowest BCUT2D eigenvalue weighted by molar-refractivity contribution is -0.133. The van der Waals surface area contributed by atoms with Gasteiger partial charge in [-0.3, -0.25) is 4.79 Å². The van der Waals surface area contributed by atoms with Gasteiger partial charge >= 0.3 is 5.97 Å². The van der Waals surface area contributed by atoms with Gasteiger partial charge in [-0.05, 0) is 18.8 Å². The molecule has 6 nitrogen and oxygen atoms in total. The molecule has 0 bridgehead atoms. The fraction of sp³-hybridized carbons (Fsp3) is 0.692. The van der Waals surface area contributed by atoms with Gasteiger partial charge in [0.2, 0.25) is 0 Å². The molecule has 1 saturated heterocycles. The Bertz CT molecular complexity index is 622. The Kier molecular flexibility index (Phi) is 4.98. The van der Waals surface area contributed by atoms with Crippen molar-refractivity contribution in [3.8, 4) is 0 Å². The summed E-state index contributed by atoms with van der Waals surface area (Å²) in [4.78, 5) is 15.1. The van der Waals surface area contributed by atoms with Gasteiger partial charge in [0.05, 0.1) is 17.3 Å². The first-order chi connectivity index (χ1) is 9.80. The molecule has 1 atom stereocenters. The van der Waals surface area contributed by atoms with Crippen molar-refractivity contribution in [1.82, 2.24) is 9.55 Å². The van der Waals surface area contributed by atoms with E-state index in [1.54, 1.807) is 6.20 Å². The molecule has 2 heterocycles. The van der Waals surface area contributed by atoms with Gasteiger partial charge in [-0.2, -0.15) is 0 Å². The third kappa shape index (κ3) is 4.00. The lowest BCUT2D eigenvalue weighted by Crippen LogP contribution is -2.29. The van der Waals surface area contributed by atoms with Gasteiger partial charge in [0.1, 0.15) is 0 Å². The van der Waals surface area contributed by atoms with Gasteiger partial charge in [-0.1, -0.05) is 25.6 Å². The molecule has 0 aromatic carbocycles. The zero-order chi connectivity index (χ0) is 15.6. The molecule has 0 aliphatic carbocycles. The van der Waals surface area contributed by atoms with E-state index in [1.165, 1.54) is 0 Å². The Balaban J connectivity index is 2.34. The molecule has 0 saturated carbocycles. The van der Waals surface area contributed by atoms with Crippen LogP contribution in [0.3, 0.4) is 0 Å². The van der Waals surface area contributed by atoms with Gasteiger partial charge in [-0.25, -0.2) is 13.4 Å². The molecule has 1 aliphatic heterocycles. The highest BCUT2D eigenvalue weighted by Gasteiger charge is 2.29. The first-order valence-electron chi connectivity index (χ1n) is 6.92. The average Bonchev–Trinajstić information content (AvgIpc) is 2.78. The summed E-state index contributed by atoms with van der Waals surface area (Å²) in [5.41, 5.74) is 0.963. The largest absolute Gasteiger partial charge is 0.481 e. The predicted molar refractivity (Wildman–Crippen MR) is 81.6 cm³/mol. The van der Waals surface area contributed by atoms with Crippen LogP contribution < -0.4 is 0 Å². The van der Waals surface area contributed by atoms with E-state index in [4.69, 9.17) is 5.11 Å². The Hall–Kier alpha value is -1.02. The number of carboxylic acids is 1. The number of rotatable bonds is 5. The second kappa shape index (κ2) is 6.39. The van der Waals surface area contributed by atoms with Gasteiger partial charge in [0.15, 0.2) is 15.0 Å². The fourth-order valence-electron chi connectivity index (χ4n) is 2.59. The molecule has 1 aliphatic rings. The zero-order valence-corrected chi connectivity index (χ0v) is 13.8. The van der Waals surface area contributed by atoms with E-state index >= 15 is 0 Å². The first kappa shape index (κ1) is 16.4. The van der Waals surface area contributed by atoms with Crippen molar-refractivity contribution in [2.75, 3.05) is 17.3 Å². The number of nitrogens with zero attached hydrogens (tertiary/aromatic N) is 2. The first-order valence-corrected chi connectivity index (χ1v) is 9.73. The number of thioether (sulfide) groups is 1. The molecule has 8 heteroatoms. The molecule has 1 aromatic rings. The van der Waals surface area contributed by atoms with Crippen LogP contribution in [0, 0.1) is 0 Å². The molecular formula is C13H20N2O4S2. The molecule has 0 radical (unpaired) electrons. The maximum atomic E-state index is 11.9. The second-order valence-corrected chi connectivity index (χ2v) is 8.75. The summed E-state index contributed by atoms with van der Waals surface area (Å²) in [5.74, 6) is -0.414. The number of sulfone groups is 1. The van der Waals surface area contributed by atoms with Gasteiger partial charge in [0.25, 0.3) is 0 Å². The number of hydrogen-bond acceptors (Lipinski definition) is 5.